The van der Waals surface area contributed by atoms with Gasteiger partial charge in [-0.15, -0.1) is 0 Å². The normalized spacial score (nSPS) is 25.4. The van der Waals surface area contributed by atoms with Gasteiger partial charge in [0, 0.05) is 39.1 Å². The van der Waals surface area contributed by atoms with Crippen molar-refractivity contribution in [3.8, 4) is 51.4 Å². The van der Waals surface area contributed by atoms with Crippen molar-refractivity contribution in [2.75, 3.05) is 0 Å². The second kappa shape index (κ2) is 11.0. The number of nitriles is 1. The molecule has 260 valence electrons. The first-order valence-electron chi connectivity index (χ1n) is 19.4. The van der Waals surface area contributed by atoms with Gasteiger partial charge in [-0.1, -0.05) is 103 Å². The second-order valence-electron chi connectivity index (χ2n) is 16.4. The smallest absolute Gasteiger partial charge is 0.164 e. The molecule has 0 amide bonds. The van der Waals surface area contributed by atoms with Crippen LogP contribution in [0.25, 0.3) is 67.0 Å². The molecule has 0 saturated heterocycles. The SMILES string of the molecule is N#Cc1ccc(-c2ccc3cc(C45CC6CC7CC(c8ccc(-c9nc(-c%10ccccc%10)nc(-c%10ccc%11ncccc%11c%10)n9)cc8)(C4)C765)ccc3c2)cc1. The van der Waals surface area contributed by atoms with E-state index < -0.39 is 0 Å². The molecule has 12 rings (SSSR count). The van der Waals surface area contributed by atoms with Gasteiger partial charge in [-0.05, 0) is 118 Å². The molecule has 4 aliphatic carbocycles. The van der Waals surface area contributed by atoms with Crippen LogP contribution in [-0.2, 0) is 10.8 Å². The van der Waals surface area contributed by atoms with Crippen LogP contribution in [-0.4, -0.2) is 19.9 Å². The van der Waals surface area contributed by atoms with Crippen molar-refractivity contribution < 1.29 is 0 Å². The summed E-state index contributed by atoms with van der Waals surface area (Å²) < 4.78 is 0. The van der Waals surface area contributed by atoms with E-state index in [0.717, 1.165) is 45.0 Å². The fourth-order valence-corrected chi connectivity index (χ4v) is 12.0. The molecule has 0 radical (unpaired) electrons. The third-order valence-corrected chi connectivity index (χ3v) is 14.2. The van der Waals surface area contributed by atoms with E-state index in [1.807, 2.05) is 60.8 Å². The van der Waals surface area contributed by atoms with E-state index in [4.69, 9.17) is 15.0 Å². The summed E-state index contributed by atoms with van der Waals surface area (Å²) in [7, 11) is 0. The number of aromatic nitrogens is 4. The Morgan fingerprint density at radius 3 is 1.85 bits per heavy atom. The topological polar surface area (TPSA) is 75.3 Å². The summed E-state index contributed by atoms with van der Waals surface area (Å²) in [5, 5.41) is 12.9. The molecule has 2 heterocycles. The predicted octanol–water partition coefficient (Wildman–Crippen LogP) is 11.1. The van der Waals surface area contributed by atoms with E-state index in [2.05, 4.69) is 102 Å². The van der Waals surface area contributed by atoms with Gasteiger partial charge in [-0.3, -0.25) is 4.98 Å². The van der Waals surface area contributed by atoms with Gasteiger partial charge in [0.25, 0.3) is 0 Å². The number of rotatable bonds is 6. The van der Waals surface area contributed by atoms with E-state index in [1.54, 1.807) is 0 Å². The Morgan fingerprint density at radius 2 is 1.11 bits per heavy atom. The summed E-state index contributed by atoms with van der Waals surface area (Å²) in [4.78, 5) is 19.6. The lowest BCUT2D eigenvalue weighted by Gasteiger charge is -2.96. The van der Waals surface area contributed by atoms with Crippen LogP contribution in [0.2, 0.25) is 0 Å². The van der Waals surface area contributed by atoms with Crippen molar-refractivity contribution in [3.05, 3.63) is 168 Å². The number of hydrogen-bond donors (Lipinski definition) is 0. The van der Waals surface area contributed by atoms with Gasteiger partial charge in [0.05, 0.1) is 17.1 Å². The van der Waals surface area contributed by atoms with Crippen LogP contribution in [0.1, 0.15) is 42.4 Å². The Morgan fingerprint density at radius 1 is 0.509 bits per heavy atom. The van der Waals surface area contributed by atoms with Gasteiger partial charge >= 0.3 is 0 Å². The van der Waals surface area contributed by atoms with Crippen LogP contribution in [0.5, 0.6) is 0 Å². The Balaban J connectivity index is 0.872. The van der Waals surface area contributed by atoms with Crippen LogP contribution in [0.3, 0.4) is 0 Å². The molecule has 4 fully saturated rings. The van der Waals surface area contributed by atoms with Crippen LogP contribution < -0.4 is 0 Å². The predicted molar refractivity (Wildman–Crippen MR) is 217 cm³/mol. The first-order chi connectivity index (χ1) is 27.1. The highest BCUT2D eigenvalue weighted by Gasteiger charge is 2.93. The maximum Gasteiger partial charge on any atom is 0.164 e. The van der Waals surface area contributed by atoms with Crippen molar-refractivity contribution >= 4 is 21.7 Å². The van der Waals surface area contributed by atoms with Crippen LogP contribution in [0.4, 0.5) is 0 Å². The van der Waals surface area contributed by atoms with Crippen LogP contribution in [0, 0.1) is 28.6 Å². The lowest BCUT2D eigenvalue weighted by Crippen LogP contribution is -2.93. The minimum atomic E-state index is 0.254. The van der Waals surface area contributed by atoms with E-state index in [0.29, 0.717) is 28.5 Å². The number of pyridine rings is 1. The van der Waals surface area contributed by atoms with E-state index >= 15 is 0 Å². The Labute approximate surface area is 319 Å². The Bertz CT molecular complexity index is 2910. The van der Waals surface area contributed by atoms with Gasteiger partial charge in [0.15, 0.2) is 17.5 Å². The number of nitrogens with zero attached hydrogens (tertiary/aromatic N) is 5. The van der Waals surface area contributed by atoms with Gasteiger partial charge in [-0.2, -0.15) is 5.26 Å². The van der Waals surface area contributed by atoms with Crippen LogP contribution >= 0.6 is 0 Å². The van der Waals surface area contributed by atoms with E-state index in [1.165, 1.54) is 53.1 Å². The first kappa shape index (κ1) is 30.9. The Kier molecular flexibility index (Phi) is 6.19. The molecule has 5 nitrogen and oxygen atoms in total. The quantitative estimate of drug-likeness (QED) is 0.172. The third kappa shape index (κ3) is 4.06. The highest BCUT2D eigenvalue weighted by molar-refractivity contribution is 5.89. The summed E-state index contributed by atoms with van der Waals surface area (Å²) in [5.41, 5.74) is 10.8. The molecular weight excluding hydrogens is 671 g/mol. The van der Waals surface area contributed by atoms with E-state index in [-0.39, 0.29) is 10.8 Å². The maximum atomic E-state index is 9.22. The van der Waals surface area contributed by atoms with Crippen molar-refractivity contribution in [2.24, 2.45) is 17.3 Å². The molecule has 0 N–H and O–H groups in total. The molecule has 1 spiro atoms. The average Bonchev–Trinajstić information content (AvgIpc) is 3.22. The van der Waals surface area contributed by atoms with Crippen molar-refractivity contribution in [1.82, 2.24) is 19.9 Å². The fraction of sp³-hybridized carbons (Fsp3) is 0.180. The number of benzene rings is 6. The summed E-state index contributed by atoms with van der Waals surface area (Å²) in [6.07, 6.45) is 7.06. The molecule has 55 heavy (non-hydrogen) atoms. The number of fused-ring (bicyclic) bond motifs is 2. The zero-order chi connectivity index (χ0) is 36.4. The zero-order valence-corrected chi connectivity index (χ0v) is 30.2. The lowest BCUT2D eigenvalue weighted by molar-refractivity contribution is -0.412. The molecule has 0 bridgehead atoms. The van der Waals surface area contributed by atoms with Crippen molar-refractivity contribution in [3.63, 3.8) is 0 Å². The summed E-state index contributed by atoms with van der Waals surface area (Å²) >= 11 is 0. The van der Waals surface area contributed by atoms with Crippen molar-refractivity contribution in [1.29, 1.82) is 5.26 Å². The molecule has 5 atom stereocenters. The van der Waals surface area contributed by atoms with Gasteiger partial charge in [0.2, 0.25) is 0 Å². The highest BCUT2D eigenvalue weighted by Crippen LogP contribution is 2.97. The molecule has 4 aliphatic rings. The first-order valence-corrected chi connectivity index (χ1v) is 19.4. The lowest BCUT2D eigenvalue weighted by atomic mass is 9.07. The van der Waals surface area contributed by atoms with Crippen molar-refractivity contribution in [2.45, 2.75) is 36.5 Å². The molecule has 4 saturated carbocycles. The molecule has 5 heteroatoms. The standard InChI is InChI=1S/C50H35N5/c51-29-31-8-10-32(11-9-31)35-12-13-37-25-41(20-16-36(37)23-35)49-28-43-26-42-27-48(30-49,50(42,43)49)40-18-14-34(15-19-40)46-53-45(33-5-2-1-3-6-33)54-47(55-46)39-17-21-44-38(24-39)7-4-22-52-44/h1-25,42-43H,26-28,30H2. The molecule has 5 unspecified atom stereocenters. The fourth-order valence-electron chi connectivity index (χ4n) is 12.0. The largest absolute Gasteiger partial charge is 0.256 e. The molecule has 8 aromatic rings. The molecule has 2 aromatic heterocycles. The summed E-state index contributed by atoms with van der Waals surface area (Å²) in [6.45, 7) is 0. The summed E-state index contributed by atoms with van der Waals surface area (Å²) in [6, 6.07) is 53.9. The third-order valence-electron chi connectivity index (χ3n) is 14.2. The Hall–Kier alpha value is -6.51. The highest BCUT2D eigenvalue weighted by atomic mass is 15.0. The van der Waals surface area contributed by atoms with Gasteiger partial charge in [0.1, 0.15) is 0 Å². The monoisotopic (exact) mass is 705 g/mol. The molecule has 6 aromatic carbocycles. The maximum absolute atomic E-state index is 9.22. The van der Waals surface area contributed by atoms with Crippen LogP contribution in [0.15, 0.2) is 152 Å². The van der Waals surface area contributed by atoms with Gasteiger partial charge < -0.3 is 0 Å². The summed E-state index contributed by atoms with van der Waals surface area (Å²) in [5.74, 6) is 3.67. The zero-order valence-electron chi connectivity index (χ0n) is 30.2. The van der Waals surface area contributed by atoms with E-state index in [9.17, 15) is 5.26 Å². The minimum Gasteiger partial charge on any atom is -0.256 e. The van der Waals surface area contributed by atoms with Gasteiger partial charge in [-0.25, -0.2) is 15.0 Å². The minimum absolute atomic E-state index is 0.254. The molecular formula is C50H35N5. The number of hydrogen-bond acceptors (Lipinski definition) is 5. The molecule has 0 aliphatic heterocycles. The average molecular weight is 706 g/mol. The second-order valence-corrected chi connectivity index (χ2v) is 16.4.